The molecule has 7 heteroatoms. The number of carbonyl (C=O) groups excluding carboxylic acids is 2. The molecule has 0 fully saturated rings. The number of rotatable bonds is 10. The first-order valence-corrected chi connectivity index (χ1v) is 14.0. The summed E-state index contributed by atoms with van der Waals surface area (Å²) in [7, 11) is 0. The minimum absolute atomic E-state index is 0.0515. The van der Waals surface area contributed by atoms with E-state index in [4.69, 9.17) is 11.6 Å². The van der Waals surface area contributed by atoms with Crippen molar-refractivity contribution in [3.8, 4) is 0 Å². The van der Waals surface area contributed by atoms with E-state index in [0.717, 1.165) is 20.5 Å². The molecule has 3 aromatic rings. The van der Waals surface area contributed by atoms with Gasteiger partial charge in [-0.05, 0) is 68.3 Å². The molecule has 4 nitrogen and oxygen atoms in total. The summed E-state index contributed by atoms with van der Waals surface area (Å²) in [4.78, 5) is 30.0. The van der Waals surface area contributed by atoms with Crippen molar-refractivity contribution in [2.75, 3.05) is 5.75 Å². The Morgan fingerprint density at radius 2 is 1.58 bits per heavy atom. The topological polar surface area (TPSA) is 49.4 Å². The number of halogens is 2. The molecule has 1 atom stereocenters. The lowest BCUT2D eigenvalue weighted by molar-refractivity contribution is -0.141. The zero-order valence-corrected chi connectivity index (χ0v) is 24.0. The van der Waals surface area contributed by atoms with Gasteiger partial charge in [0.15, 0.2) is 0 Å². The molecule has 1 N–H and O–H groups in total. The SMILES string of the molecule is CC(C)(C)NC(=O)C(Cc1ccccc1)N(Cc1ccc(Br)cc1)C(=O)CCSc1ccc(Cl)cc1. The molecule has 2 amide bonds. The van der Waals surface area contributed by atoms with Gasteiger partial charge in [-0.2, -0.15) is 0 Å². The molecule has 1 unspecified atom stereocenters. The van der Waals surface area contributed by atoms with E-state index in [1.54, 1.807) is 16.7 Å². The standard InChI is InChI=1S/C29H32BrClN2O2S/c1-29(2,3)32-28(35)26(19-21-7-5-4-6-8-21)33(20-22-9-11-23(30)12-10-22)27(34)17-18-36-25-15-13-24(31)14-16-25/h4-16,26H,17-20H2,1-3H3,(H,32,35). The van der Waals surface area contributed by atoms with Crippen LogP contribution in [0.15, 0.2) is 88.2 Å². The molecule has 0 saturated heterocycles. The van der Waals surface area contributed by atoms with Gasteiger partial charge in [0.1, 0.15) is 6.04 Å². The molecular formula is C29H32BrClN2O2S. The maximum Gasteiger partial charge on any atom is 0.243 e. The monoisotopic (exact) mass is 586 g/mol. The number of nitrogens with zero attached hydrogens (tertiary/aromatic N) is 1. The highest BCUT2D eigenvalue weighted by atomic mass is 79.9. The number of amides is 2. The largest absolute Gasteiger partial charge is 0.350 e. The quantitative estimate of drug-likeness (QED) is 0.257. The fourth-order valence-corrected chi connectivity index (χ4v) is 4.96. The van der Waals surface area contributed by atoms with Gasteiger partial charge in [-0.3, -0.25) is 9.59 Å². The van der Waals surface area contributed by atoms with Crippen molar-refractivity contribution in [2.45, 2.75) is 56.6 Å². The summed E-state index contributed by atoms with van der Waals surface area (Å²) >= 11 is 11.1. The Morgan fingerprint density at radius 3 is 2.19 bits per heavy atom. The second kappa shape index (κ2) is 13.3. The van der Waals surface area contributed by atoms with Crippen LogP contribution in [0.2, 0.25) is 5.02 Å². The Kier molecular flexibility index (Phi) is 10.5. The molecule has 0 aliphatic heterocycles. The predicted molar refractivity (Wildman–Crippen MR) is 153 cm³/mol. The average molecular weight is 588 g/mol. The number of benzene rings is 3. The van der Waals surface area contributed by atoms with E-state index in [-0.39, 0.29) is 11.8 Å². The fraction of sp³-hybridized carbons (Fsp3) is 0.310. The number of hydrogen-bond donors (Lipinski definition) is 1. The highest BCUT2D eigenvalue weighted by Gasteiger charge is 2.32. The van der Waals surface area contributed by atoms with Crippen LogP contribution in [-0.4, -0.2) is 34.0 Å². The molecule has 0 aliphatic rings. The van der Waals surface area contributed by atoms with Crippen molar-refractivity contribution >= 4 is 51.1 Å². The van der Waals surface area contributed by atoms with Gasteiger partial charge in [0.2, 0.25) is 11.8 Å². The normalized spacial score (nSPS) is 12.1. The van der Waals surface area contributed by atoms with Crippen molar-refractivity contribution < 1.29 is 9.59 Å². The molecule has 0 aromatic heterocycles. The van der Waals surface area contributed by atoms with Crippen LogP contribution < -0.4 is 5.32 Å². The zero-order chi connectivity index (χ0) is 26.1. The van der Waals surface area contributed by atoms with Gasteiger partial charge < -0.3 is 10.2 Å². The maximum atomic E-state index is 13.7. The van der Waals surface area contributed by atoms with Crippen LogP contribution in [0, 0.1) is 0 Å². The van der Waals surface area contributed by atoms with E-state index < -0.39 is 11.6 Å². The second-order valence-electron chi connectivity index (χ2n) is 9.65. The van der Waals surface area contributed by atoms with Crippen molar-refractivity contribution in [3.63, 3.8) is 0 Å². The molecule has 36 heavy (non-hydrogen) atoms. The fourth-order valence-electron chi connectivity index (χ4n) is 3.72. The van der Waals surface area contributed by atoms with Crippen LogP contribution in [-0.2, 0) is 22.6 Å². The first-order chi connectivity index (χ1) is 17.1. The van der Waals surface area contributed by atoms with Gasteiger partial charge >= 0.3 is 0 Å². The summed E-state index contributed by atoms with van der Waals surface area (Å²) in [6.45, 7) is 6.21. The molecule has 0 saturated carbocycles. The molecule has 0 heterocycles. The molecule has 0 radical (unpaired) electrons. The third-order valence-corrected chi connectivity index (χ3v) is 7.23. The van der Waals surface area contributed by atoms with Crippen LogP contribution in [0.3, 0.4) is 0 Å². The smallest absolute Gasteiger partial charge is 0.243 e. The van der Waals surface area contributed by atoms with Crippen LogP contribution in [0.1, 0.15) is 38.3 Å². The Labute approximate surface area is 231 Å². The molecule has 0 aliphatic carbocycles. The highest BCUT2D eigenvalue weighted by Crippen LogP contribution is 2.23. The molecule has 190 valence electrons. The Morgan fingerprint density at radius 1 is 0.944 bits per heavy atom. The van der Waals surface area contributed by atoms with Crippen LogP contribution >= 0.6 is 39.3 Å². The van der Waals surface area contributed by atoms with Crippen molar-refractivity contribution in [2.24, 2.45) is 0 Å². The van der Waals surface area contributed by atoms with E-state index in [1.807, 2.05) is 99.6 Å². The van der Waals surface area contributed by atoms with Gasteiger partial charge in [0, 0.05) is 45.1 Å². The molecule has 0 bridgehead atoms. The minimum Gasteiger partial charge on any atom is -0.350 e. The number of carbonyl (C=O) groups is 2. The molecule has 3 aromatic carbocycles. The summed E-state index contributed by atoms with van der Waals surface area (Å²) in [5, 5.41) is 3.78. The van der Waals surface area contributed by atoms with E-state index in [9.17, 15) is 9.59 Å². The van der Waals surface area contributed by atoms with Gasteiger partial charge in [0.25, 0.3) is 0 Å². The van der Waals surface area contributed by atoms with E-state index in [2.05, 4.69) is 21.2 Å². The highest BCUT2D eigenvalue weighted by molar-refractivity contribution is 9.10. The Bertz CT molecular complexity index is 1130. The van der Waals surface area contributed by atoms with E-state index in [0.29, 0.717) is 30.2 Å². The second-order valence-corrected chi connectivity index (χ2v) is 12.2. The molecule has 3 rings (SSSR count). The third-order valence-electron chi connectivity index (χ3n) is 5.43. The summed E-state index contributed by atoms with van der Waals surface area (Å²) in [6.07, 6.45) is 0.757. The van der Waals surface area contributed by atoms with Crippen LogP contribution in [0.4, 0.5) is 0 Å². The van der Waals surface area contributed by atoms with Crippen molar-refractivity contribution in [3.05, 3.63) is 99.5 Å². The first kappa shape index (κ1) is 28.3. The minimum atomic E-state index is -0.636. The lowest BCUT2D eigenvalue weighted by Gasteiger charge is -2.34. The summed E-state index contributed by atoms with van der Waals surface area (Å²) in [5.41, 5.74) is 1.57. The Hall–Kier alpha value is -2.28. The van der Waals surface area contributed by atoms with E-state index in [1.165, 1.54) is 0 Å². The number of hydrogen-bond acceptors (Lipinski definition) is 3. The van der Waals surface area contributed by atoms with Gasteiger partial charge in [0.05, 0.1) is 0 Å². The maximum absolute atomic E-state index is 13.7. The van der Waals surface area contributed by atoms with Gasteiger partial charge in [-0.25, -0.2) is 0 Å². The predicted octanol–water partition coefficient (Wildman–Crippen LogP) is 7.14. The summed E-state index contributed by atoms with van der Waals surface area (Å²) in [5.74, 6) is 0.405. The lowest BCUT2D eigenvalue weighted by atomic mass is 10.0. The summed E-state index contributed by atoms with van der Waals surface area (Å²) in [6, 6.07) is 24.7. The molecular weight excluding hydrogens is 556 g/mol. The number of thioether (sulfide) groups is 1. The van der Waals surface area contributed by atoms with Crippen molar-refractivity contribution in [1.82, 2.24) is 10.2 Å². The first-order valence-electron chi connectivity index (χ1n) is 11.9. The third kappa shape index (κ3) is 9.30. The lowest BCUT2D eigenvalue weighted by Crippen LogP contribution is -2.54. The van der Waals surface area contributed by atoms with Crippen LogP contribution in [0.5, 0.6) is 0 Å². The van der Waals surface area contributed by atoms with Crippen LogP contribution in [0.25, 0.3) is 0 Å². The number of nitrogens with one attached hydrogen (secondary N) is 1. The van der Waals surface area contributed by atoms with Gasteiger partial charge in [-0.15, -0.1) is 11.8 Å². The van der Waals surface area contributed by atoms with Crippen molar-refractivity contribution in [1.29, 1.82) is 0 Å². The van der Waals surface area contributed by atoms with E-state index >= 15 is 0 Å². The Balaban J connectivity index is 1.85. The zero-order valence-electron chi connectivity index (χ0n) is 20.8. The molecule has 0 spiro atoms. The summed E-state index contributed by atoms with van der Waals surface area (Å²) < 4.78 is 0.967. The van der Waals surface area contributed by atoms with Gasteiger partial charge in [-0.1, -0.05) is 70.0 Å². The average Bonchev–Trinajstić information content (AvgIpc) is 2.83.